The normalized spacial score (nSPS) is 12.2. The first-order valence-electron chi connectivity index (χ1n) is 6.42. The maximum atomic E-state index is 13.3. The molecule has 0 radical (unpaired) electrons. The van der Waals surface area contributed by atoms with Gasteiger partial charge in [-0.3, -0.25) is 0 Å². The van der Waals surface area contributed by atoms with Crippen LogP contribution in [0.1, 0.15) is 31.0 Å². The van der Waals surface area contributed by atoms with Crippen molar-refractivity contribution in [3.63, 3.8) is 0 Å². The zero-order chi connectivity index (χ0) is 13.8. The molecule has 0 amide bonds. The molecule has 2 nitrogen and oxygen atoms in total. The summed E-state index contributed by atoms with van der Waals surface area (Å²) >= 11 is 0. The molecule has 0 saturated carbocycles. The van der Waals surface area contributed by atoms with Gasteiger partial charge in [0, 0.05) is 11.6 Å². The number of ether oxygens (including phenoxy) is 1. The van der Waals surface area contributed by atoms with Crippen LogP contribution in [0.3, 0.4) is 0 Å². The van der Waals surface area contributed by atoms with Gasteiger partial charge in [-0.1, -0.05) is 25.1 Å². The fraction of sp³-hybridized carbons (Fsp3) is 0.250. The van der Waals surface area contributed by atoms with Crippen LogP contribution >= 0.6 is 0 Å². The van der Waals surface area contributed by atoms with E-state index in [1.165, 1.54) is 12.1 Å². The van der Waals surface area contributed by atoms with Gasteiger partial charge in [0.2, 0.25) is 0 Å². The zero-order valence-corrected chi connectivity index (χ0v) is 11.2. The third-order valence-electron chi connectivity index (χ3n) is 3.04. The summed E-state index contributed by atoms with van der Waals surface area (Å²) in [6.45, 7) is 3.88. The summed E-state index contributed by atoms with van der Waals surface area (Å²) in [6.07, 6.45) is 0.880. The van der Waals surface area contributed by atoms with Gasteiger partial charge in [-0.05, 0) is 43.2 Å². The summed E-state index contributed by atoms with van der Waals surface area (Å²) in [5.41, 5.74) is 7.65. The van der Waals surface area contributed by atoms with E-state index in [-0.39, 0.29) is 11.9 Å². The van der Waals surface area contributed by atoms with Crippen molar-refractivity contribution in [2.24, 2.45) is 5.73 Å². The fourth-order valence-electron chi connectivity index (χ4n) is 1.98. The van der Waals surface area contributed by atoms with E-state index in [2.05, 4.69) is 6.92 Å². The Kier molecular flexibility index (Phi) is 4.17. The van der Waals surface area contributed by atoms with Gasteiger partial charge >= 0.3 is 0 Å². The van der Waals surface area contributed by atoms with Crippen LogP contribution in [0.25, 0.3) is 0 Å². The zero-order valence-electron chi connectivity index (χ0n) is 11.2. The lowest BCUT2D eigenvalue weighted by atomic mass is 10.1. The van der Waals surface area contributed by atoms with E-state index in [1.807, 2.05) is 31.2 Å². The van der Waals surface area contributed by atoms with E-state index < -0.39 is 0 Å². The summed E-state index contributed by atoms with van der Waals surface area (Å²) < 4.78 is 19.2. The number of benzene rings is 2. The first kappa shape index (κ1) is 13.6. The van der Waals surface area contributed by atoms with Crippen molar-refractivity contribution in [3.05, 3.63) is 59.4 Å². The van der Waals surface area contributed by atoms with E-state index in [0.29, 0.717) is 11.3 Å². The van der Waals surface area contributed by atoms with Gasteiger partial charge in [-0.25, -0.2) is 4.39 Å². The van der Waals surface area contributed by atoms with Gasteiger partial charge < -0.3 is 10.5 Å². The Hall–Kier alpha value is -1.87. The predicted molar refractivity (Wildman–Crippen MR) is 74.9 cm³/mol. The van der Waals surface area contributed by atoms with Gasteiger partial charge in [0.05, 0.1) is 0 Å². The number of aryl methyl sites for hydroxylation is 1. The SMILES string of the molecule is CCc1ccccc1Oc1ccc(F)cc1[C@H](C)N. The molecular formula is C16H18FNO. The number of halogens is 1. The van der Waals surface area contributed by atoms with Crippen molar-refractivity contribution in [3.8, 4) is 11.5 Å². The molecule has 2 rings (SSSR count). The third kappa shape index (κ3) is 3.12. The molecule has 0 saturated heterocycles. The highest BCUT2D eigenvalue weighted by Crippen LogP contribution is 2.31. The van der Waals surface area contributed by atoms with Gasteiger partial charge in [-0.2, -0.15) is 0 Å². The summed E-state index contributed by atoms with van der Waals surface area (Å²) in [6, 6.07) is 12.0. The summed E-state index contributed by atoms with van der Waals surface area (Å²) in [5.74, 6) is 1.10. The second kappa shape index (κ2) is 5.85. The van der Waals surface area contributed by atoms with Crippen molar-refractivity contribution >= 4 is 0 Å². The molecule has 0 aliphatic heterocycles. The van der Waals surface area contributed by atoms with Crippen LogP contribution in [0, 0.1) is 5.82 Å². The molecule has 3 heteroatoms. The Morgan fingerprint density at radius 2 is 1.89 bits per heavy atom. The molecule has 19 heavy (non-hydrogen) atoms. The lowest BCUT2D eigenvalue weighted by Gasteiger charge is -2.15. The summed E-state index contributed by atoms with van der Waals surface area (Å²) in [4.78, 5) is 0. The summed E-state index contributed by atoms with van der Waals surface area (Å²) in [7, 11) is 0. The molecular weight excluding hydrogens is 241 g/mol. The van der Waals surface area contributed by atoms with Crippen LogP contribution in [0.5, 0.6) is 11.5 Å². The van der Waals surface area contributed by atoms with Crippen molar-refractivity contribution < 1.29 is 9.13 Å². The standard InChI is InChI=1S/C16H18FNO/c1-3-12-6-4-5-7-15(12)19-16-9-8-13(17)10-14(16)11(2)18/h4-11H,3,18H2,1-2H3/t11-/m0/s1. The van der Waals surface area contributed by atoms with Crippen LogP contribution in [0.15, 0.2) is 42.5 Å². The maximum Gasteiger partial charge on any atom is 0.132 e. The number of nitrogens with two attached hydrogens (primary N) is 1. The molecule has 1 atom stereocenters. The lowest BCUT2D eigenvalue weighted by molar-refractivity contribution is 0.464. The Morgan fingerprint density at radius 3 is 2.58 bits per heavy atom. The van der Waals surface area contributed by atoms with Crippen molar-refractivity contribution in [2.75, 3.05) is 0 Å². The molecule has 0 spiro atoms. The number of para-hydroxylation sites is 1. The van der Waals surface area contributed by atoms with E-state index >= 15 is 0 Å². The topological polar surface area (TPSA) is 35.2 Å². The molecule has 0 aromatic heterocycles. The maximum absolute atomic E-state index is 13.3. The minimum Gasteiger partial charge on any atom is -0.457 e. The Bertz CT molecular complexity index is 566. The monoisotopic (exact) mass is 259 g/mol. The van der Waals surface area contributed by atoms with Gasteiger partial charge in [-0.15, -0.1) is 0 Å². The molecule has 100 valence electrons. The number of hydrogen-bond donors (Lipinski definition) is 1. The van der Waals surface area contributed by atoms with E-state index in [1.54, 1.807) is 6.07 Å². The van der Waals surface area contributed by atoms with Gasteiger partial charge in [0.15, 0.2) is 0 Å². The predicted octanol–water partition coefficient (Wildman–Crippen LogP) is 4.20. The highest BCUT2D eigenvalue weighted by atomic mass is 19.1. The van der Waals surface area contributed by atoms with E-state index in [9.17, 15) is 4.39 Å². The minimum absolute atomic E-state index is 0.278. The van der Waals surface area contributed by atoms with Crippen molar-refractivity contribution in [1.29, 1.82) is 0 Å². The molecule has 2 N–H and O–H groups in total. The Labute approximate surface area is 113 Å². The first-order valence-corrected chi connectivity index (χ1v) is 6.42. The highest BCUT2D eigenvalue weighted by molar-refractivity contribution is 5.42. The number of hydrogen-bond acceptors (Lipinski definition) is 2. The highest BCUT2D eigenvalue weighted by Gasteiger charge is 2.11. The summed E-state index contributed by atoms with van der Waals surface area (Å²) in [5, 5.41) is 0. The molecule has 0 fully saturated rings. The first-order chi connectivity index (χ1) is 9.11. The van der Waals surface area contributed by atoms with Crippen LogP contribution in [0.2, 0.25) is 0 Å². The Morgan fingerprint density at radius 1 is 1.16 bits per heavy atom. The average molecular weight is 259 g/mol. The van der Waals surface area contributed by atoms with Crippen LogP contribution in [-0.4, -0.2) is 0 Å². The number of rotatable bonds is 4. The molecule has 0 bridgehead atoms. The lowest BCUT2D eigenvalue weighted by Crippen LogP contribution is -2.07. The second-order valence-corrected chi connectivity index (χ2v) is 4.53. The van der Waals surface area contributed by atoms with Crippen LogP contribution in [-0.2, 0) is 6.42 Å². The average Bonchev–Trinajstić information content (AvgIpc) is 2.41. The largest absolute Gasteiger partial charge is 0.457 e. The molecule has 2 aromatic carbocycles. The minimum atomic E-state index is -0.302. The van der Waals surface area contributed by atoms with Crippen LogP contribution in [0.4, 0.5) is 4.39 Å². The van der Waals surface area contributed by atoms with Gasteiger partial charge in [0.1, 0.15) is 17.3 Å². The van der Waals surface area contributed by atoms with Crippen molar-refractivity contribution in [1.82, 2.24) is 0 Å². The third-order valence-corrected chi connectivity index (χ3v) is 3.04. The molecule has 0 heterocycles. The Balaban J connectivity index is 2.38. The molecule has 0 aliphatic rings. The van der Waals surface area contributed by atoms with Crippen LogP contribution < -0.4 is 10.5 Å². The second-order valence-electron chi connectivity index (χ2n) is 4.53. The van der Waals surface area contributed by atoms with E-state index in [0.717, 1.165) is 17.7 Å². The smallest absolute Gasteiger partial charge is 0.132 e. The van der Waals surface area contributed by atoms with Crippen molar-refractivity contribution in [2.45, 2.75) is 26.3 Å². The quantitative estimate of drug-likeness (QED) is 0.893. The van der Waals surface area contributed by atoms with Gasteiger partial charge in [0.25, 0.3) is 0 Å². The molecule has 0 unspecified atom stereocenters. The van der Waals surface area contributed by atoms with E-state index in [4.69, 9.17) is 10.5 Å². The molecule has 0 aliphatic carbocycles. The fourth-order valence-corrected chi connectivity index (χ4v) is 1.98. The molecule has 2 aromatic rings.